The summed E-state index contributed by atoms with van der Waals surface area (Å²) in [6.07, 6.45) is 4.58. The third kappa shape index (κ3) is 3.70. The maximum absolute atomic E-state index is 12.2. The van der Waals surface area contributed by atoms with E-state index in [-0.39, 0.29) is 17.5 Å². The van der Waals surface area contributed by atoms with Gasteiger partial charge in [-0.05, 0) is 37.8 Å². The van der Waals surface area contributed by atoms with Crippen molar-refractivity contribution in [1.82, 2.24) is 9.88 Å². The van der Waals surface area contributed by atoms with Gasteiger partial charge in [0.25, 0.3) is 5.56 Å². The van der Waals surface area contributed by atoms with Gasteiger partial charge in [0.05, 0.1) is 11.7 Å². The molecule has 0 aliphatic carbocycles. The predicted molar refractivity (Wildman–Crippen MR) is 79.8 cm³/mol. The molecule has 2 rings (SSSR count). The molecule has 5 heteroatoms. The number of pyridine rings is 1. The lowest BCUT2D eigenvalue weighted by molar-refractivity contribution is -0.119. The molecule has 1 fully saturated rings. The Labute approximate surface area is 119 Å². The zero-order chi connectivity index (χ0) is 14.5. The maximum Gasteiger partial charge on any atom is 0.250 e. The number of nitrogens with zero attached hydrogens (tertiary/aromatic N) is 1. The van der Waals surface area contributed by atoms with Crippen molar-refractivity contribution in [2.45, 2.75) is 45.7 Å². The Bertz CT molecular complexity index is 524. The molecule has 0 spiro atoms. The number of aryl methyl sites for hydroxylation is 1. The highest BCUT2D eigenvalue weighted by atomic mass is 16.2. The summed E-state index contributed by atoms with van der Waals surface area (Å²) in [5.74, 6) is 0.555. The number of amides is 1. The smallest absolute Gasteiger partial charge is 0.250 e. The SMILES string of the molecule is CCCn1cc(NC(=O)C2CC(C)CCN2)ccc1=O. The van der Waals surface area contributed by atoms with Crippen LogP contribution in [0.1, 0.15) is 33.1 Å². The summed E-state index contributed by atoms with van der Waals surface area (Å²) in [4.78, 5) is 23.8. The molecule has 2 atom stereocenters. The lowest BCUT2D eigenvalue weighted by atomic mass is 9.94. The average molecular weight is 277 g/mol. The third-order valence-corrected chi connectivity index (χ3v) is 3.70. The van der Waals surface area contributed by atoms with Crippen molar-refractivity contribution in [1.29, 1.82) is 0 Å². The molecule has 2 heterocycles. The second kappa shape index (κ2) is 6.70. The summed E-state index contributed by atoms with van der Waals surface area (Å²) >= 11 is 0. The first-order valence-electron chi connectivity index (χ1n) is 7.35. The van der Waals surface area contributed by atoms with E-state index in [0.29, 0.717) is 18.2 Å². The molecular formula is C15H23N3O2. The second-order valence-corrected chi connectivity index (χ2v) is 5.57. The van der Waals surface area contributed by atoms with Crippen LogP contribution < -0.4 is 16.2 Å². The molecule has 0 radical (unpaired) electrons. The summed E-state index contributed by atoms with van der Waals surface area (Å²) in [6, 6.07) is 3.03. The zero-order valence-electron chi connectivity index (χ0n) is 12.2. The van der Waals surface area contributed by atoms with Crippen LogP contribution in [0.5, 0.6) is 0 Å². The fourth-order valence-electron chi connectivity index (χ4n) is 2.56. The average Bonchev–Trinajstić information content (AvgIpc) is 2.43. The van der Waals surface area contributed by atoms with Crippen LogP contribution in [-0.2, 0) is 11.3 Å². The normalized spacial score (nSPS) is 22.5. The summed E-state index contributed by atoms with van der Waals surface area (Å²) in [6.45, 7) is 5.74. The van der Waals surface area contributed by atoms with E-state index in [4.69, 9.17) is 0 Å². The van der Waals surface area contributed by atoms with Gasteiger partial charge in [-0.1, -0.05) is 13.8 Å². The molecular weight excluding hydrogens is 254 g/mol. The van der Waals surface area contributed by atoms with Crippen molar-refractivity contribution in [3.05, 3.63) is 28.7 Å². The van der Waals surface area contributed by atoms with Gasteiger partial charge in [0, 0.05) is 18.8 Å². The monoisotopic (exact) mass is 277 g/mol. The Morgan fingerprint density at radius 2 is 2.30 bits per heavy atom. The Balaban J connectivity index is 2.03. The van der Waals surface area contributed by atoms with Crippen molar-refractivity contribution in [2.75, 3.05) is 11.9 Å². The van der Waals surface area contributed by atoms with Gasteiger partial charge in [-0.2, -0.15) is 0 Å². The predicted octanol–water partition coefficient (Wildman–Crippen LogP) is 1.58. The second-order valence-electron chi connectivity index (χ2n) is 5.57. The van der Waals surface area contributed by atoms with E-state index in [0.717, 1.165) is 25.8 Å². The van der Waals surface area contributed by atoms with Gasteiger partial charge in [0.2, 0.25) is 5.91 Å². The van der Waals surface area contributed by atoms with Crippen LogP contribution in [0.3, 0.4) is 0 Å². The number of piperidine rings is 1. The first kappa shape index (κ1) is 14.8. The summed E-state index contributed by atoms with van der Waals surface area (Å²) in [5, 5.41) is 6.14. The molecule has 5 nitrogen and oxygen atoms in total. The fraction of sp³-hybridized carbons (Fsp3) is 0.600. The van der Waals surface area contributed by atoms with Crippen molar-refractivity contribution < 1.29 is 4.79 Å². The Morgan fingerprint density at radius 1 is 1.50 bits per heavy atom. The maximum atomic E-state index is 12.2. The van der Waals surface area contributed by atoms with Gasteiger partial charge in [-0.3, -0.25) is 9.59 Å². The molecule has 1 aromatic rings. The third-order valence-electron chi connectivity index (χ3n) is 3.70. The summed E-state index contributed by atoms with van der Waals surface area (Å²) in [7, 11) is 0. The number of carbonyl (C=O) groups is 1. The van der Waals surface area contributed by atoms with E-state index >= 15 is 0 Å². The Kier molecular flexibility index (Phi) is 4.95. The van der Waals surface area contributed by atoms with E-state index < -0.39 is 0 Å². The van der Waals surface area contributed by atoms with Crippen LogP contribution in [0.4, 0.5) is 5.69 Å². The minimum atomic E-state index is -0.134. The highest BCUT2D eigenvalue weighted by molar-refractivity contribution is 5.94. The molecule has 1 amide bonds. The molecule has 1 aliphatic heterocycles. The topological polar surface area (TPSA) is 63.1 Å². The van der Waals surface area contributed by atoms with Crippen LogP contribution in [0.25, 0.3) is 0 Å². The van der Waals surface area contributed by atoms with Crippen LogP contribution in [0, 0.1) is 5.92 Å². The summed E-state index contributed by atoms with van der Waals surface area (Å²) < 4.78 is 1.63. The van der Waals surface area contributed by atoms with Crippen molar-refractivity contribution >= 4 is 11.6 Å². The number of anilines is 1. The first-order valence-corrected chi connectivity index (χ1v) is 7.35. The molecule has 110 valence electrons. The molecule has 2 unspecified atom stereocenters. The van der Waals surface area contributed by atoms with E-state index in [9.17, 15) is 9.59 Å². The van der Waals surface area contributed by atoms with Gasteiger partial charge >= 0.3 is 0 Å². The minimum absolute atomic E-state index is 0.0155. The number of hydrogen-bond donors (Lipinski definition) is 2. The lowest BCUT2D eigenvalue weighted by Crippen LogP contribution is -2.45. The van der Waals surface area contributed by atoms with Crippen molar-refractivity contribution in [3.8, 4) is 0 Å². The zero-order valence-corrected chi connectivity index (χ0v) is 12.2. The first-order chi connectivity index (χ1) is 9.60. The molecule has 0 saturated carbocycles. The Morgan fingerprint density at radius 3 is 3.00 bits per heavy atom. The van der Waals surface area contributed by atoms with E-state index in [2.05, 4.69) is 17.6 Å². The standard InChI is InChI=1S/C15H23N3O2/c1-3-8-18-10-12(4-5-14(18)19)17-15(20)13-9-11(2)6-7-16-13/h4-5,10-11,13,16H,3,6-9H2,1-2H3,(H,17,20). The highest BCUT2D eigenvalue weighted by Crippen LogP contribution is 2.16. The van der Waals surface area contributed by atoms with Gasteiger partial charge < -0.3 is 15.2 Å². The highest BCUT2D eigenvalue weighted by Gasteiger charge is 2.24. The molecule has 20 heavy (non-hydrogen) atoms. The van der Waals surface area contributed by atoms with Crippen LogP contribution >= 0.6 is 0 Å². The van der Waals surface area contributed by atoms with E-state index in [1.165, 1.54) is 6.07 Å². The van der Waals surface area contributed by atoms with Crippen molar-refractivity contribution in [3.63, 3.8) is 0 Å². The van der Waals surface area contributed by atoms with Crippen LogP contribution in [-0.4, -0.2) is 23.1 Å². The summed E-state index contributed by atoms with van der Waals surface area (Å²) in [5.41, 5.74) is 0.650. The van der Waals surface area contributed by atoms with Gasteiger partial charge in [-0.15, -0.1) is 0 Å². The number of aromatic nitrogens is 1. The molecule has 2 N–H and O–H groups in total. The van der Waals surface area contributed by atoms with Gasteiger partial charge in [0.1, 0.15) is 0 Å². The molecule has 0 bridgehead atoms. The molecule has 1 saturated heterocycles. The number of carbonyl (C=O) groups excluding carboxylic acids is 1. The van der Waals surface area contributed by atoms with E-state index in [1.54, 1.807) is 16.8 Å². The van der Waals surface area contributed by atoms with Gasteiger partial charge in [-0.25, -0.2) is 0 Å². The Hall–Kier alpha value is -1.62. The quantitative estimate of drug-likeness (QED) is 0.878. The number of hydrogen-bond acceptors (Lipinski definition) is 3. The minimum Gasteiger partial charge on any atom is -0.323 e. The fourth-order valence-corrected chi connectivity index (χ4v) is 2.56. The largest absolute Gasteiger partial charge is 0.323 e. The van der Waals surface area contributed by atoms with Gasteiger partial charge in [0.15, 0.2) is 0 Å². The van der Waals surface area contributed by atoms with E-state index in [1.807, 2.05) is 6.92 Å². The van der Waals surface area contributed by atoms with Crippen molar-refractivity contribution in [2.24, 2.45) is 5.92 Å². The number of rotatable bonds is 4. The molecule has 0 aromatic carbocycles. The molecule has 1 aromatic heterocycles. The molecule has 1 aliphatic rings. The number of nitrogens with one attached hydrogen (secondary N) is 2. The van der Waals surface area contributed by atoms with Crippen LogP contribution in [0.15, 0.2) is 23.1 Å². The van der Waals surface area contributed by atoms with Crippen LogP contribution in [0.2, 0.25) is 0 Å². The lowest BCUT2D eigenvalue weighted by Gasteiger charge is -2.27.